The van der Waals surface area contributed by atoms with E-state index in [0.29, 0.717) is 19.5 Å². The molecule has 2 amide bonds. The van der Waals surface area contributed by atoms with Gasteiger partial charge in [0.1, 0.15) is 0 Å². The highest BCUT2D eigenvalue weighted by Gasteiger charge is 2.23. The van der Waals surface area contributed by atoms with Gasteiger partial charge < -0.3 is 16.0 Å². The number of nitrogens with one attached hydrogen (secondary N) is 1. The van der Waals surface area contributed by atoms with Crippen LogP contribution in [0.4, 0.5) is 0 Å². The van der Waals surface area contributed by atoms with Crippen molar-refractivity contribution in [3.05, 3.63) is 0 Å². The normalized spacial score (nSPS) is 20.1. The highest BCUT2D eigenvalue weighted by molar-refractivity contribution is 5.85. The Morgan fingerprint density at radius 2 is 2.19 bits per heavy atom. The number of likely N-dealkylation sites (tertiary alicyclic amines) is 1. The molecular weight excluding hydrogens is 230 g/mol. The first-order chi connectivity index (χ1) is 7.13. The average Bonchev–Trinajstić information content (AvgIpc) is 2.17. The fourth-order valence-electron chi connectivity index (χ4n) is 2.01. The molecule has 0 aromatic carbocycles. The summed E-state index contributed by atoms with van der Waals surface area (Å²) in [5.74, 6) is 0.0756. The van der Waals surface area contributed by atoms with Crippen LogP contribution in [0.3, 0.4) is 0 Å². The van der Waals surface area contributed by atoms with E-state index in [2.05, 4.69) is 5.32 Å². The molecule has 1 saturated heterocycles. The minimum Gasteiger partial charge on any atom is -0.370 e. The molecule has 16 heavy (non-hydrogen) atoms. The number of halogens is 1. The molecule has 1 fully saturated rings. The van der Waals surface area contributed by atoms with Crippen LogP contribution in [0.25, 0.3) is 0 Å². The van der Waals surface area contributed by atoms with E-state index in [1.54, 1.807) is 7.05 Å². The van der Waals surface area contributed by atoms with Crippen LogP contribution in [0, 0.1) is 5.92 Å². The minimum absolute atomic E-state index is 0. The molecule has 0 bridgehead atoms. The standard InChI is InChI=1S/C10H19N3O2.ClH/c1-12-6-10(15)13-4-2-3-8(7-13)5-9(11)14;/h8,12H,2-7H2,1H3,(H2,11,14);1H. The summed E-state index contributed by atoms with van der Waals surface area (Å²) in [6.07, 6.45) is 2.35. The fraction of sp³-hybridized carbons (Fsp3) is 0.800. The highest BCUT2D eigenvalue weighted by atomic mass is 35.5. The Morgan fingerprint density at radius 3 is 2.75 bits per heavy atom. The van der Waals surface area contributed by atoms with Gasteiger partial charge >= 0.3 is 0 Å². The smallest absolute Gasteiger partial charge is 0.236 e. The van der Waals surface area contributed by atoms with Gasteiger partial charge in [-0.25, -0.2) is 0 Å². The van der Waals surface area contributed by atoms with Crippen LogP contribution in [0.2, 0.25) is 0 Å². The quantitative estimate of drug-likeness (QED) is 0.721. The molecular formula is C10H20ClN3O2. The van der Waals surface area contributed by atoms with Gasteiger partial charge in [-0.1, -0.05) is 0 Å². The molecule has 0 saturated carbocycles. The van der Waals surface area contributed by atoms with Gasteiger partial charge in [0.05, 0.1) is 6.54 Å². The number of amides is 2. The molecule has 1 unspecified atom stereocenters. The molecule has 0 radical (unpaired) electrons. The van der Waals surface area contributed by atoms with Gasteiger partial charge in [0.2, 0.25) is 11.8 Å². The molecule has 0 spiro atoms. The zero-order valence-corrected chi connectivity index (χ0v) is 10.4. The number of primary amides is 1. The number of piperidine rings is 1. The summed E-state index contributed by atoms with van der Waals surface area (Å²) in [5.41, 5.74) is 5.15. The lowest BCUT2D eigenvalue weighted by molar-refractivity contribution is -0.132. The van der Waals surface area contributed by atoms with Gasteiger partial charge in [0, 0.05) is 19.5 Å². The molecule has 6 heteroatoms. The van der Waals surface area contributed by atoms with Crippen LogP contribution in [0.5, 0.6) is 0 Å². The average molecular weight is 250 g/mol. The van der Waals surface area contributed by atoms with Crippen molar-refractivity contribution < 1.29 is 9.59 Å². The zero-order chi connectivity index (χ0) is 11.3. The van der Waals surface area contributed by atoms with Gasteiger partial charge in [-0.3, -0.25) is 9.59 Å². The maximum Gasteiger partial charge on any atom is 0.236 e. The highest BCUT2D eigenvalue weighted by Crippen LogP contribution is 2.19. The van der Waals surface area contributed by atoms with E-state index in [4.69, 9.17) is 5.73 Å². The van der Waals surface area contributed by atoms with Crippen molar-refractivity contribution in [1.82, 2.24) is 10.2 Å². The minimum atomic E-state index is -0.275. The van der Waals surface area contributed by atoms with Gasteiger partial charge in [0.25, 0.3) is 0 Å². The van der Waals surface area contributed by atoms with Crippen molar-refractivity contribution in [2.24, 2.45) is 11.7 Å². The molecule has 1 atom stereocenters. The molecule has 94 valence electrons. The van der Waals surface area contributed by atoms with Crippen molar-refractivity contribution in [3.8, 4) is 0 Å². The van der Waals surface area contributed by atoms with Crippen molar-refractivity contribution >= 4 is 24.2 Å². The number of rotatable bonds is 4. The number of nitrogens with zero attached hydrogens (tertiary/aromatic N) is 1. The predicted molar refractivity (Wildman–Crippen MR) is 64.3 cm³/mol. The lowest BCUT2D eigenvalue weighted by Crippen LogP contribution is -2.44. The molecule has 1 rings (SSSR count). The molecule has 1 aliphatic rings. The second-order valence-corrected chi connectivity index (χ2v) is 4.05. The molecule has 1 heterocycles. The lowest BCUT2D eigenvalue weighted by atomic mass is 9.94. The topological polar surface area (TPSA) is 75.4 Å². The Kier molecular flexibility index (Phi) is 7.08. The van der Waals surface area contributed by atoms with E-state index in [1.807, 2.05) is 4.90 Å². The Morgan fingerprint density at radius 1 is 1.50 bits per heavy atom. The monoisotopic (exact) mass is 249 g/mol. The molecule has 0 aromatic heterocycles. The van der Waals surface area contributed by atoms with E-state index in [-0.39, 0.29) is 30.1 Å². The second-order valence-electron chi connectivity index (χ2n) is 4.05. The van der Waals surface area contributed by atoms with Crippen LogP contribution in [-0.2, 0) is 9.59 Å². The van der Waals surface area contributed by atoms with E-state index in [1.165, 1.54) is 0 Å². The Bertz CT molecular complexity index is 248. The van der Waals surface area contributed by atoms with Crippen LogP contribution in [-0.4, -0.2) is 43.4 Å². The summed E-state index contributed by atoms with van der Waals surface area (Å²) in [6, 6.07) is 0. The van der Waals surface area contributed by atoms with Gasteiger partial charge in [0.15, 0.2) is 0 Å². The number of carbonyl (C=O) groups is 2. The third kappa shape index (κ3) is 4.81. The number of nitrogens with two attached hydrogens (primary N) is 1. The summed E-state index contributed by atoms with van der Waals surface area (Å²) < 4.78 is 0. The van der Waals surface area contributed by atoms with Gasteiger partial charge in [-0.15, -0.1) is 12.4 Å². The van der Waals surface area contributed by atoms with Crippen LogP contribution >= 0.6 is 12.4 Å². The van der Waals surface area contributed by atoms with E-state index >= 15 is 0 Å². The van der Waals surface area contributed by atoms with E-state index in [0.717, 1.165) is 19.4 Å². The van der Waals surface area contributed by atoms with Crippen molar-refractivity contribution in [1.29, 1.82) is 0 Å². The molecule has 5 nitrogen and oxygen atoms in total. The summed E-state index contributed by atoms with van der Waals surface area (Å²) in [5, 5.41) is 2.84. The van der Waals surface area contributed by atoms with E-state index in [9.17, 15) is 9.59 Å². The zero-order valence-electron chi connectivity index (χ0n) is 9.57. The Balaban J connectivity index is 0.00000225. The number of hydrogen-bond acceptors (Lipinski definition) is 3. The summed E-state index contributed by atoms with van der Waals surface area (Å²) in [4.78, 5) is 24.2. The van der Waals surface area contributed by atoms with Crippen LogP contribution in [0.15, 0.2) is 0 Å². The Labute approximate surface area is 102 Å². The Hall–Kier alpha value is -0.810. The van der Waals surface area contributed by atoms with Crippen LogP contribution in [0.1, 0.15) is 19.3 Å². The number of hydrogen-bond donors (Lipinski definition) is 2. The summed E-state index contributed by atoms with van der Waals surface area (Å²) in [6.45, 7) is 1.84. The van der Waals surface area contributed by atoms with Crippen molar-refractivity contribution in [3.63, 3.8) is 0 Å². The lowest BCUT2D eigenvalue weighted by Gasteiger charge is -2.32. The fourth-order valence-corrected chi connectivity index (χ4v) is 2.01. The molecule has 0 aromatic rings. The number of carbonyl (C=O) groups excluding carboxylic acids is 2. The van der Waals surface area contributed by atoms with Crippen molar-refractivity contribution in [2.75, 3.05) is 26.7 Å². The molecule has 0 aliphatic carbocycles. The maximum absolute atomic E-state index is 11.6. The molecule has 3 N–H and O–H groups in total. The van der Waals surface area contributed by atoms with Crippen molar-refractivity contribution in [2.45, 2.75) is 19.3 Å². The van der Waals surface area contributed by atoms with Gasteiger partial charge in [-0.2, -0.15) is 0 Å². The van der Waals surface area contributed by atoms with Crippen LogP contribution < -0.4 is 11.1 Å². The molecule has 1 aliphatic heterocycles. The first-order valence-electron chi connectivity index (χ1n) is 5.34. The largest absolute Gasteiger partial charge is 0.370 e. The van der Waals surface area contributed by atoms with E-state index < -0.39 is 0 Å². The maximum atomic E-state index is 11.6. The predicted octanol–water partition coefficient (Wildman–Crippen LogP) is -0.258. The first-order valence-corrected chi connectivity index (χ1v) is 5.34. The third-order valence-electron chi connectivity index (χ3n) is 2.69. The first kappa shape index (κ1) is 15.2. The summed E-state index contributed by atoms with van der Waals surface area (Å²) >= 11 is 0. The SMILES string of the molecule is CNCC(=O)N1CCCC(CC(N)=O)C1.Cl. The second kappa shape index (κ2) is 7.46. The third-order valence-corrected chi connectivity index (χ3v) is 2.69. The number of likely N-dealkylation sites (N-methyl/N-ethyl adjacent to an activating group) is 1. The van der Waals surface area contributed by atoms with Gasteiger partial charge in [-0.05, 0) is 25.8 Å². The summed E-state index contributed by atoms with van der Waals surface area (Å²) in [7, 11) is 1.75.